The van der Waals surface area contributed by atoms with Crippen LogP contribution in [-0.4, -0.2) is 24.1 Å². The van der Waals surface area contributed by atoms with Crippen LogP contribution < -0.4 is 0 Å². The fourth-order valence-corrected chi connectivity index (χ4v) is 8.00. The molecule has 4 rings (SSSR count). The minimum absolute atomic E-state index is 0.0560. The summed E-state index contributed by atoms with van der Waals surface area (Å²) >= 11 is 0. The maximum Gasteiger partial charge on any atom is 0.302 e. The third kappa shape index (κ3) is 3.35. The fourth-order valence-electron chi connectivity index (χ4n) is 8.00. The second-order valence-corrected chi connectivity index (χ2v) is 10.7. The van der Waals surface area contributed by atoms with Gasteiger partial charge in [0.25, 0.3) is 0 Å². The summed E-state index contributed by atoms with van der Waals surface area (Å²) in [6.45, 7) is 10.3. The number of rotatable bonds is 3. The lowest BCUT2D eigenvalue weighted by molar-refractivity contribution is -0.157. The van der Waals surface area contributed by atoms with Crippen LogP contribution in [0.2, 0.25) is 0 Å². The third-order valence-corrected chi connectivity index (χ3v) is 9.28. The molecule has 0 heterocycles. The molecule has 4 nitrogen and oxygen atoms in total. The zero-order valence-corrected chi connectivity index (χ0v) is 18.8. The Kier molecular flexibility index (Phi) is 5.36. The van der Waals surface area contributed by atoms with Gasteiger partial charge in [-0.3, -0.25) is 9.59 Å². The van der Waals surface area contributed by atoms with Gasteiger partial charge in [-0.25, -0.2) is 0 Å². The molecule has 0 aliphatic heterocycles. The number of carbonyl (C=O) groups is 2. The minimum atomic E-state index is -0.158. The van der Waals surface area contributed by atoms with Crippen LogP contribution >= 0.6 is 0 Å². The normalized spacial score (nSPS) is 46.0. The van der Waals surface area contributed by atoms with Gasteiger partial charge in [0.05, 0.1) is 0 Å². The van der Waals surface area contributed by atoms with Crippen molar-refractivity contribution < 1.29 is 19.1 Å². The summed E-state index contributed by atoms with van der Waals surface area (Å²) < 4.78 is 11.4. The summed E-state index contributed by atoms with van der Waals surface area (Å²) in [6, 6.07) is 0. The molecule has 29 heavy (non-hydrogen) atoms. The summed E-state index contributed by atoms with van der Waals surface area (Å²) in [5.41, 5.74) is 1.88. The van der Waals surface area contributed by atoms with E-state index in [1.807, 2.05) is 0 Å². The molecule has 0 N–H and O–H groups in total. The third-order valence-electron chi connectivity index (χ3n) is 9.28. The standard InChI is InChI=1S/C25H38O4/c1-6-17-13-22(29-16(3)27)25(5)12-10-21-20(23(17)25)8-7-18-14-19(28-15(2)26)9-11-24(18,21)4/h7,17,19-23H,6,8-14H2,1-5H3/t17?,19?,20-,21+,22?,23+,24+,25-/m1/s1. The first-order valence-electron chi connectivity index (χ1n) is 11.7. The van der Waals surface area contributed by atoms with Gasteiger partial charge in [-0.15, -0.1) is 0 Å². The van der Waals surface area contributed by atoms with E-state index in [-0.39, 0.29) is 35.0 Å². The van der Waals surface area contributed by atoms with Gasteiger partial charge in [-0.05, 0) is 67.6 Å². The van der Waals surface area contributed by atoms with E-state index in [0.717, 1.165) is 38.5 Å². The van der Waals surface area contributed by atoms with Gasteiger partial charge in [0.15, 0.2) is 0 Å². The van der Waals surface area contributed by atoms with Crippen LogP contribution in [0.25, 0.3) is 0 Å². The van der Waals surface area contributed by atoms with Crippen molar-refractivity contribution in [3.8, 4) is 0 Å². The smallest absolute Gasteiger partial charge is 0.302 e. The summed E-state index contributed by atoms with van der Waals surface area (Å²) in [5.74, 6) is 2.37. The number of ether oxygens (including phenoxy) is 2. The highest BCUT2D eigenvalue weighted by Gasteiger charge is 2.62. The predicted octanol–water partition coefficient (Wildman–Crippen LogP) is 5.45. The molecule has 4 heteroatoms. The molecular formula is C25H38O4. The van der Waals surface area contributed by atoms with E-state index < -0.39 is 0 Å². The lowest BCUT2D eigenvalue weighted by atomic mass is 9.47. The molecule has 0 aromatic carbocycles. The van der Waals surface area contributed by atoms with Gasteiger partial charge >= 0.3 is 11.9 Å². The Hall–Kier alpha value is -1.32. The molecule has 0 radical (unpaired) electrons. The van der Waals surface area contributed by atoms with Gasteiger partial charge < -0.3 is 9.47 Å². The van der Waals surface area contributed by atoms with Crippen molar-refractivity contribution in [2.45, 2.75) is 98.2 Å². The van der Waals surface area contributed by atoms with Crippen molar-refractivity contribution in [2.75, 3.05) is 0 Å². The number of carbonyl (C=O) groups excluding carboxylic acids is 2. The summed E-state index contributed by atoms with van der Waals surface area (Å²) in [4.78, 5) is 23.2. The lowest BCUT2D eigenvalue weighted by Crippen LogP contribution is -2.52. The summed E-state index contributed by atoms with van der Waals surface area (Å²) in [6.07, 6.45) is 11.3. The summed E-state index contributed by atoms with van der Waals surface area (Å²) in [5, 5.41) is 0. The van der Waals surface area contributed by atoms with E-state index in [4.69, 9.17) is 9.47 Å². The number of esters is 2. The molecule has 0 spiro atoms. The second kappa shape index (κ2) is 7.42. The molecule has 8 atom stereocenters. The molecular weight excluding hydrogens is 364 g/mol. The Morgan fingerprint density at radius 2 is 1.83 bits per heavy atom. The van der Waals surface area contributed by atoms with Gasteiger partial charge in [0, 0.05) is 25.7 Å². The van der Waals surface area contributed by atoms with E-state index in [0.29, 0.717) is 23.7 Å². The van der Waals surface area contributed by atoms with Crippen molar-refractivity contribution in [3.05, 3.63) is 11.6 Å². The first-order chi connectivity index (χ1) is 13.7. The zero-order chi connectivity index (χ0) is 21.0. The monoisotopic (exact) mass is 402 g/mol. The van der Waals surface area contributed by atoms with Crippen LogP contribution in [0.15, 0.2) is 11.6 Å². The van der Waals surface area contributed by atoms with Crippen LogP contribution in [0.3, 0.4) is 0 Å². The quantitative estimate of drug-likeness (QED) is 0.465. The van der Waals surface area contributed by atoms with Gasteiger partial charge in [0.1, 0.15) is 12.2 Å². The number of fused-ring (bicyclic) bond motifs is 5. The topological polar surface area (TPSA) is 52.6 Å². The van der Waals surface area contributed by atoms with Crippen LogP contribution in [0, 0.1) is 34.5 Å². The first-order valence-corrected chi connectivity index (χ1v) is 11.7. The molecule has 0 saturated heterocycles. The molecule has 3 fully saturated rings. The highest BCUT2D eigenvalue weighted by Crippen LogP contribution is 2.67. The Labute approximate surface area is 175 Å². The van der Waals surface area contributed by atoms with Gasteiger partial charge in [-0.2, -0.15) is 0 Å². The highest BCUT2D eigenvalue weighted by molar-refractivity contribution is 5.66. The second-order valence-electron chi connectivity index (χ2n) is 10.7. The maximum atomic E-state index is 11.8. The Balaban J connectivity index is 1.61. The average Bonchev–Trinajstić information content (AvgIpc) is 2.93. The van der Waals surface area contributed by atoms with Crippen LogP contribution in [0.5, 0.6) is 0 Å². The number of allylic oxidation sites excluding steroid dienone is 1. The van der Waals surface area contributed by atoms with Crippen molar-refractivity contribution in [1.82, 2.24) is 0 Å². The van der Waals surface area contributed by atoms with Crippen LogP contribution in [-0.2, 0) is 19.1 Å². The molecule has 0 aromatic heterocycles. The fraction of sp³-hybridized carbons (Fsp3) is 0.840. The van der Waals surface area contributed by atoms with E-state index in [1.54, 1.807) is 6.92 Å². The van der Waals surface area contributed by atoms with Crippen LogP contribution in [0.1, 0.15) is 86.0 Å². The van der Waals surface area contributed by atoms with Crippen molar-refractivity contribution >= 4 is 11.9 Å². The minimum Gasteiger partial charge on any atom is -0.462 e. The molecule has 3 unspecified atom stereocenters. The largest absolute Gasteiger partial charge is 0.462 e. The summed E-state index contributed by atoms with van der Waals surface area (Å²) in [7, 11) is 0. The van der Waals surface area contributed by atoms with Crippen molar-refractivity contribution in [3.63, 3.8) is 0 Å². The highest BCUT2D eigenvalue weighted by atomic mass is 16.5. The first kappa shape index (κ1) is 20.9. The van der Waals surface area contributed by atoms with Crippen molar-refractivity contribution in [2.24, 2.45) is 34.5 Å². The Bertz CT molecular complexity index is 712. The molecule has 4 aliphatic carbocycles. The van der Waals surface area contributed by atoms with E-state index >= 15 is 0 Å². The van der Waals surface area contributed by atoms with Gasteiger partial charge in [0.2, 0.25) is 0 Å². The van der Waals surface area contributed by atoms with Gasteiger partial charge in [-0.1, -0.05) is 38.8 Å². The van der Waals surface area contributed by atoms with E-state index in [1.165, 1.54) is 25.3 Å². The van der Waals surface area contributed by atoms with E-state index in [9.17, 15) is 9.59 Å². The number of hydrogen-bond acceptors (Lipinski definition) is 4. The average molecular weight is 403 g/mol. The Morgan fingerprint density at radius 1 is 1.10 bits per heavy atom. The van der Waals surface area contributed by atoms with Crippen LogP contribution in [0.4, 0.5) is 0 Å². The molecule has 4 aliphatic rings. The molecule has 3 saturated carbocycles. The van der Waals surface area contributed by atoms with E-state index in [2.05, 4.69) is 26.8 Å². The zero-order valence-electron chi connectivity index (χ0n) is 18.8. The van der Waals surface area contributed by atoms with Crippen molar-refractivity contribution in [1.29, 1.82) is 0 Å². The molecule has 0 aromatic rings. The number of hydrogen-bond donors (Lipinski definition) is 0. The molecule has 162 valence electrons. The Morgan fingerprint density at radius 3 is 2.48 bits per heavy atom. The SMILES string of the molecule is CCC1CC(OC(C)=O)[C@@]2(C)CC[C@H]3[C@@H](CC=C4CC(OC(C)=O)CC[C@@]43C)[C@H]12. The predicted molar refractivity (Wildman–Crippen MR) is 112 cm³/mol. The maximum absolute atomic E-state index is 11.8. The molecule has 0 amide bonds. The molecule has 0 bridgehead atoms. The lowest BCUT2D eigenvalue weighted by Gasteiger charge is -2.58.